The zero-order chi connectivity index (χ0) is 20.2. The van der Waals surface area contributed by atoms with Gasteiger partial charge in [-0.15, -0.1) is 0 Å². The van der Waals surface area contributed by atoms with Gasteiger partial charge in [-0.25, -0.2) is 0 Å². The van der Waals surface area contributed by atoms with Gasteiger partial charge in [0.1, 0.15) is 6.61 Å². The van der Waals surface area contributed by atoms with Crippen LogP contribution in [0.5, 0.6) is 0 Å². The van der Waals surface area contributed by atoms with Gasteiger partial charge in [0.2, 0.25) is 0 Å². The Bertz CT molecular complexity index is 390. The fraction of sp³-hybridized carbons (Fsp3) is 0.783. The molecule has 0 aromatic carbocycles. The molecule has 0 saturated carbocycles. The molecule has 0 rings (SSSR count). The Balaban J connectivity index is 3.39. The Labute approximate surface area is 166 Å². The van der Waals surface area contributed by atoms with Crippen molar-refractivity contribution in [2.24, 2.45) is 0 Å². The van der Waals surface area contributed by atoms with Crippen molar-refractivity contribution in [3.63, 3.8) is 0 Å². The number of unbranched alkanes of at least 4 members (excludes halogenated alkanes) is 8. The summed E-state index contributed by atoms with van der Waals surface area (Å²) in [5, 5.41) is 19.5. The monoisotopic (exact) mass is 382 g/mol. The molecule has 0 bridgehead atoms. The zero-order valence-electron chi connectivity index (χ0n) is 17.6. The van der Waals surface area contributed by atoms with Gasteiger partial charge in [-0.05, 0) is 38.5 Å². The average molecular weight is 383 g/mol. The van der Waals surface area contributed by atoms with Gasteiger partial charge >= 0.3 is 5.97 Å². The number of carbonyl (C=O) groups excluding carboxylic acids is 1. The second-order valence-electron chi connectivity index (χ2n) is 7.37. The number of allylic oxidation sites excluding steroid dienone is 4. The van der Waals surface area contributed by atoms with Crippen molar-refractivity contribution in [2.45, 2.75) is 110 Å². The van der Waals surface area contributed by atoms with Gasteiger partial charge in [0.15, 0.2) is 0 Å². The molecule has 0 aliphatic carbocycles. The standard InChI is InChI=1S/C23H42O4/c1-3-4-5-6-7-8-9-10-11-12-13-14-15-16-17-18-22(25)19-23(26)20-27-21(2)24/h7-8,10-11,22-23,25-26H,3-6,9,12-20H2,1-2H3/b8-7-,11-10-. The highest BCUT2D eigenvalue weighted by atomic mass is 16.5. The third kappa shape index (κ3) is 21.0. The molecule has 2 atom stereocenters. The van der Waals surface area contributed by atoms with E-state index in [-0.39, 0.29) is 13.0 Å². The van der Waals surface area contributed by atoms with Crippen LogP contribution in [0.2, 0.25) is 0 Å². The van der Waals surface area contributed by atoms with Crippen LogP contribution < -0.4 is 0 Å². The summed E-state index contributed by atoms with van der Waals surface area (Å²) in [6, 6.07) is 0. The first-order chi connectivity index (χ1) is 13.1. The minimum absolute atomic E-state index is 0.0332. The lowest BCUT2D eigenvalue weighted by Gasteiger charge is -2.15. The Morgan fingerprint density at radius 3 is 2.07 bits per heavy atom. The summed E-state index contributed by atoms with van der Waals surface area (Å²) in [7, 11) is 0. The molecule has 0 heterocycles. The fourth-order valence-electron chi connectivity index (χ4n) is 2.90. The minimum atomic E-state index is -0.776. The van der Waals surface area contributed by atoms with Crippen molar-refractivity contribution in [2.75, 3.05) is 6.61 Å². The number of carbonyl (C=O) groups is 1. The molecule has 0 aromatic rings. The van der Waals surface area contributed by atoms with Crippen LogP contribution in [0.1, 0.15) is 97.3 Å². The lowest BCUT2D eigenvalue weighted by Crippen LogP contribution is -2.23. The predicted octanol–water partition coefficient (Wildman–Crippen LogP) is 5.47. The SMILES string of the molecule is CCCCC/C=C\C/C=C\CCCCCCCC(O)CC(O)COC(C)=O. The summed E-state index contributed by atoms with van der Waals surface area (Å²) in [5.41, 5.74) is 0. The highest BCUT2D eigenvalue weighted by Gasteiger charge is 2.12. The van der Waals surface area contributed by atoms with Crippen LogP contribution in [-0.4, -0.2) is 35.0 Å². The molecule has 4 heteroatoms. The Kier molecular flexibility index (Phi) is 18.8. The molecule has 2 N–H and O–H groups in total. The van der Waals surface area contributed by atoms with Crippen molar-refractivity contribution >= 4 is 5.97 Å². The van der Waals surface area contributed by atoms with E-state index < -0.39 is 18.2 Å². The Morgan fingerprint density at radius 2 is 1.44 bits per heavy atom. The van der Waals surface area contributed by atoms with Crippen LogP contribution in [0.3, 0.4) is 0 Å². The van der Waals surface area contributed by atoms with E-state index in [2.05, 4.69) is 31.2 Å². The van der Waals surface area contributed by atoms with Crippen molar-refractivity contribution in [3.8, 4) is 0 Å². The molecule has 0 aliphatic heterocycles. The van der Waals surface area contributed by atoms with Crippen LogP contribution in [0.25, 0.3) is 0 Å². The van der Waals surface area contributed by atoms with Crippen LogP contribution in [0.4, 0.5) is 0 Å². The molecule has 0 amide bonds. The van der Waals surface area contributed by atoms with Crippen molar-refractivity contribution in [1.29, 1.82) is 0 Å². The summed E-state index contributed by atoms with van der Waals surface area (Å²) in [5.74, 6) is -0.405. The molecule has 2 unspecified atom stereocenters. The molecule has 0 radical (unpaired) electrons. The highest BCUT2D eigenvalue weighted by molar-refractivity contribution is 5.65. The number of aliphatic hydroxyl groups excluding tert-OH is 2. The van der Waals surface area contributed by atoms with Crippen molar-refractivity contribution < 1.29 is 19.7 Å². The lowest BCUT2D eigenvalue weighted by molar-refractivity contribution is -0.144. The number of esters is 1. The van der Waals surface area contributed by atoms with E-state index in [1.54, 1.807) is 0 Å². The second kappa shape index (κ2) is 19.6. The van der Waals surface area contributed by atoms with Crippen LogP contribution in [0, 0.1) is 0 Å². The lowest BCUT2D eigenvalue weighted by atomic mass is 10.0. The Hall–Kier alpha value is -1.13. The molecule has 0 aliphatic rings. The van der Waals surface area contributed by atoms with E-state index in [1.165, 1.54) is 51.9 Å². The number of hydrogen-bond acceptors (Lipinski definition) is 4. The maximum absolute atomic E-state index is 10.7. The Morgan fingerprint density at radius 1 is 0.852 bits per heavy atom. The van der Waals surface area contributed by atoms with Gasteiger partial charge in [0.25, 0.3) is 0 Å². The van der Waals surface area contributed by atoms with Gasteiger partial charge in [0, 0.05) is 13.3 Å². The maximum atomic E-state index is 10.7. The third-order valence-electron chi connectivity index (χ3n) is 4.51. The molecule has 158 valence electrons. The van der Waals surface area contributed by atoms with Crippen molar-refractivity contribution in [1.82, 2.24) is 0 Å². The van der Waals surface area contributed by atoms with Gasteiger partial charge in [-0.2, -0.15) is 0 Å². The minimum Gasteiger partial charge on any atom is -0.463 e. The molecule has 0 saturated heterocycles. The summed E-state index contributed by atoms with van der Waals surface area (Å²) in [4.78, 5) is 10.7. The number of ether oxygens (including phenoxy) is 1. The van der Waals surface area contributed by atoms with Gasteiger partial charge in [-0.3, -0.25) is 4.79 Å². The predicted molar refractivity (Wildman–Crippen MR) is 113 cm³/mol. The molecule has 4 nitrogen and oxygen atoms in total. The van der Waals surface area contributed by atoms with E-state index in [1.807, 2.05) is 0 Å². The van der Waals surface area contributed by atoms with E-state index in [0.717, 1.165) is 25.7 Å². The van der Waals surface area contributed by atoms with Crippen LogP contribution in [0.15, 0.2) is 24.3 Å². The van der Waals surface area contributed by atoms with E-state index in [4.69, 9.17) is 4.74 Å². The van der Waals surface area contributed by atoms with Crippen LogP contribution in [-0.2, 0) is 9.53 Å². The quantitative estimate of drug-likeness (QED) is 0.187. The van der Waals surface area contributed by atoms with E-state index in [0.29, 0.717) is 6.42 Å². The summed E-state index contributed by atoms with van der Waals surface area (Å²) < 4.78 is 4.73. The molecular formula is C23H42O4. The number of hydrogen-bond donors (Lipinski definition) is 2. The number of aliphatic hydroxyl groups is 2. The second-order valence-corrected chi connectivity index (χ2v) is 7.37. The van der Waals surface area contributed by atoms with E-state index >= 15 is 0 Å². The van der Waals surface area contributed by atoms with E-state index in [9.17, 15) is 15.0 Å². The average Bonchev–Trinajstić information content (AvgIpc) is 2.63. The molecular weight excluding hydrogens is 340 g/mol. The molecule has 27 heavy (non-hydrogen) atoms. The molecule has 0 aromatic heterocycles. The zero-order valence-corrected chi connectivity index (χ0v) is 17.6. The number of rotatable bonds is 18. The summed E-state index contributed by atoms with van der Waals surface area (Å²) in [6.45, 7) is 3.51. The largest absolute Gasteiger partial charge is 0.463 e. The topological polar surface area (TPSA) is 66.8 Å². The van der Waals surface area contributed by atoms with Gasteiger partial charge < -0.3 is 14.9 Å². The molecule has 0 spiro atoms. The van der Waals surface area contributed by atoms with Crippen molar-refractivity contribution in [3.05, 3.63) is 24.3 Å². The van der Waals surface area contributed by atoms with Gasteiger partial charge in [0.05, 0.1) is 12.2 Å². The molecule has 0 fully saturated rings. The summed E-state index contributed by atoms with van der Waals surface area (Å²) in [6.07, 6.45) is 21.8. The van der Waals surface area contributed by atoms with Gasteiger partial charge in [-0.1, -0.05) is 69.8 Å². The first-order valence-corrected chi connectivity index (χ1v) is 10.9. The smallest absolute Gasteiger partial charge is 0.302 e. The first-order valence-electron chi connectivity index (χ1n) is 10.9. The maximum Gasteiger partial charge on any atom is 0.302 e. The van der Waals surface area contributed by atoms with Crippen LogP contribution >= 0.6 is 0 Å². The normalized spacial score (nSPS) is 14.1. The first kappa shape index (κ1) is 25.9. The third-order valence-corrected chi connectivity index (χ3v) is 4.51. The summed E-state index contributed by atoms with van der Waals surface area (Å²) >= 11 is 0. The highest BCUT2D eigenvalue weighted by Crippen LogP contribution is 2.12. The fourth-order valence-corrected chi connectivity index (χ4v) is 2.90.